The minimum atomic E-state index is -3.43. The average Bonchev–Trinajstić information content (AvgIpc) is 2.54. The van der Waals surface area contributed by atoms with Gasteiger partial charge >= 0.3 is 0 Å². The zero-order valence-corrected chi connectivity index (χ0v) is 13.2. The number of benzene rings is 2. The molecular formula is C16H18F2N2O2S. The Kier molecular flexibility index (Phi) is 6.20. The summed E-state index contributed by atoms with van der Waals surface area (Å²) in [6, 6.07) is 12.3. The largest absolute Gasteiger partial charge is 0.312 e. The molecule has 0 fully saturated rings. The topological polar surface area (TPSA) is 58.2 Å². The number of sulfonamides is 1. The predicted octanol–water partition coefficient (Wildman–Crippen LogP) is 2.17. The van der Waals surface area contributed by atoms with Crippen LogP contribution in [0.1, 0.15) is 11.1 Å². The van der Waals surface area contributed by atoms with Gasteiger partial charge in [0.2, 0.25) is 10.0 Å². The van der Waals surface area contributed by atoms with E-state index in [2.05, 4.69) is 10.0 Å². The van der Waals surface area contributed by atoms with Gasteiger partial charge in [-0.3, -0.25) is 0 Å². The van der Waals surface area contributed by atoms with Crippen molar-refractivity contribution >= 4 is 10.0 Å². The summed E-state index contributed by atoms with van der Waals surface area (Å²) in [5.74, 6) is -1.19. The van der Waals surface area contributed by atoms with Crippen LogP contribution in [0.5, 0.6) is 0 Å². The molecule has 0 heterocycles. The van der Waals surface area contributed by atoms with Crippen LogP contribution in [-0.4, -0.2) is 20.7 Å². The minimum Gasteiger partial charge on any atom is -0.312 e. The van der Waals surface area contributed by atoms with Crippen LogP contribution in [0.4, 0.5) is 8.78 Å². The first-order valence-electron chi connectivity index (χ1n) is 7.12. The van der Waals surface area contributed by atoms with Gasteiger partial charge in [0, 0.05) is 25.2 Å². The van der Waals surface area contributed by atoms with E-state index in [1.54, 1.807) is 0 Å². The number of hydrogen-bond acceptors (Lipinski definition) is 3. The molecule has 0 atom stereocenters. The van der Waals surface area contributed by atoms with Gasteiger partial charge in [0.25, 0.3) is 0 Å². The molecule has 0 radical (unpaired) electrons. The molecule has 0 aromatic heterocycles. The third-order valence-electron chi connectivity index (χ3n) is 3.21. The highest BCUT2D eigenvalue weighted by molar-refractivity contribution is 7.89. The lowest BCUT2D eigenvalue weighted by Gasteiger charge is -2.08. The minimum absolute atomic E-state index is 0.0673. The average molecular weight is 340 g/mol. The van der Waals surface area contributed by atoms with Gasteiger partial charge in [-0.25, -0.2) is 21.9 Å². The van der Waals surface area contributed by atoms with Gasteiger partial charge in [-0.2, -0.15) is 0 Å². The number of nitrogens with one attached hydrogen (secondary N) is 2. The van der Waals surface area contributed by atoms with E-state index < -0.39 is 21.7 Å². The van der Waals surface area contributed by atoms with Crippen molar-refractivity contribution in [3.8, 4) is 0 Å². The summed E-state index contributed by atoms with van der Waals surface area (Å²) in [7, 11) is -3.43. The molecule has 2 aromatic rings. The molecule has 0 bridgehead atoms. The fourth-order valence-corrected chi connectivity index (χ4v) is 2.91. The summed E-state index contributed by atoms with van der Waals surface area (Å²) in [5.41, 5.74) is 1.03. The van der Waals surface area contributed by atoms with Crippen LogP contribution >= 0.6 is 0 Å². The van der Waals surface area contributed by atoms with Gasteiger partial charge in [-0.05, 0) is 23.8 Å². The van der Waals surface area contributed by atoms with Crippen LogP contribution in [0.25, 0.3) is 0 Å². The van der Waals surface area contributed by atoms with Crippen LogP contribution in [-0.2, 0) is 23.1 Å². The van der Waals surface area contributed by atoms with Crippen molar-refractivity contribution in [3.05, 3.63) is 71.3 Å². The van der Waals surface area contributed by atoms with Crippen molar-refractivity contribution in [3.63, 3.8) is 0 Å². The quantitative estimate of drug-likeness (QED) is 0.724. The highest BCUT2D eigenvalue weighted by atomic mass is 32.2. The second kappa shape index (κ2) is 8.14. The molecule has 7 heteroatoms. The molecule has 23 heavy (non-hydrogen) atoms. The zero-order valence-electron chi connectivity index (χ0n) is 12.4. The lowest BCUT2D eigenvalue weighted by atomic mass is 10.2. The Morgan fingerprint density at radius 1 is 0.957 bits per heavy atom. The molecule has 2 rings (SSSR count). The summed E-state index contributed by atoms with van der Waals surface area (Å²) in [6.45, 7) is 0.430. The third-order valence-corrected chi connectivity index (χ3v) is 4.54. The van der Waals surface area contributed by atoms with Crippen molar-refractivity contribution in [2.24, 2.45) is 0 Å². The Morgan fingerprint density at radius 2 is 1.70 bits per heavy atom. The van der Waals surface area contributed by atoms with Crippen LogP contribution in [0.2, 0.25) is 0 Å². The zero-order chi connectivity index (χ0) is 16.7. The fraction of sp³-hybridized carbons (Fsp3) is 0.250. The Labute approximate surface area is 134 Å². The van der Waals surface area contributed by atoms with Crippen molar-refractivity contribution in [1.82, 2.24) is 10.0 Å². The highest BCUT2D eigenvalue weighted by Gasteiger charge is 2.10. The number of rotatable bonds is 8. The molecule has 0 unspecified atom stereocenters. The summed E-state index contributed by atoms with van der Waals surface area (Å²) in [6.07, 6.45) is 0. The second-order valence-electron chi connectivity index (χ2n) is 5.04. The van der Waals surface area contributed by atoms with Gasteiger partial charge in [-0.1, -0.05) is 30.3 Å². The molecule has 0 saturated carbocycles. The third kappa shape index (κ3) is 6.05. The lowest BCUT2D eigenvalue weighted by Crippen LogP contribution is -2.31. The molecule has 2 aromatic carbocycles. The van der Waals surface area contributed by atoms with Gasteiger partial charge in [0.15, 0.2) is 0 Å². The first-order chi connectivity index (χ1) is 11.0. The molecule has 0 aliphatic rings. The van der Waals surface area contributed by atoms with E-state index in [0.717, 1.165) is 23.8 Å². The maximum atomic E-state index is 13.4. The van der Waals surface area contributed by atoms with E-state index in [1.165, 1.54) is 0 Å². The predicted molar refractivity (Wildman–Crippen MR) is 85.1 cm³/mol. The maximum Gasteiger partial charge on any atom is 0.213 e. The van der Waals surface area contributed by atoms with E-state index in [4.69, 9.17) is 0 Å². The molecule has 0 aliphatic carbocycles. The molecule has 124 valence electrons. The lowest BCUT2D eigenvalue weighted by molar-refractivity contribution is 0.564. The summed E-state index contributed by atoms with van der Waals surface area (Å²) in [4.78, 5) is 0. The first-order valence-corrected chi connectivity index (χ1v) is 8.77. The van der Waals surface area contributed by atoms with Gasteiger partial charge in [0.1, 0.15) is 11.6 Å². The number of halogens is 2. The number of hydrogen-bond donors (Lipinski definition) is 2. The van der Waals surface area contributed by atoms with E-state index in [0.29, 0.717) is 0 Å². The van der Waals surface area contributed by atoms with Crippen molar-refractivity contribution in [2.75, 3.05) is 12.3 Å². The van der Waals surface area contributed by atoms with Crippen LogP contribution in [0, 0.1) is 11.6 Å². The standard InChI is InChI=1S/C16H18F2N2O2S/c17-15-6-7-16(18)14(10-15)12-19-8-9-23(21,22)20-11-13-4-2-1-3-5-13/h1-7,10,19-20H,8-9,11-12H2. The maximum absolute atomic E-state index is 13.4. The molecule has 0 amide bonds. The van der Waals surface area contributed by atoms with E-state index in [-0.39, 0.29) is 31.0 Å². The van der Waals surface area contributed by atoms with Gasteiger partial charge in [0.05, 0.1) is 5.75 Å². The molecule has 0 spiro atoms. The van der Waals surface area contributed by atoms with Crippen molar-refractivity contribution in [2.45, 2.75) is 13.1 Å². The molecule has 0 saturated heterocycles. The van der Waals surface area contributed by atoms with Crippen LogP contribution < -0.4 is 10.0 Å². The molecule has 0 aliphatic heterocycles. The Balaban J connectivity index is 1.75. The van der Waals surface area contributed by atoms with Gasteiger partial charge < -0.3 is 5.32 Å². The first kappa shape index (κ1) is 17.5. The highest BCUT2D eigenvalue weighted by Crippen LogP contribution is 2.09. The summed E-state index contributed by atoms with van der Waals surface area (Å²) >= 11 is 0. The summed E-state index contributed by atoms with van der Waals surface area (Å²) < 4.78 is 52.6. The Bertz CT molecular complexity index is 737. The second-order valence-corrected chi connectivity index (χ2v) is 6.96. The molecule has 2 N–H and O–H groups in total. The van der Waals surface area contributed by atoms with Crippen molar-refractivity contribution < 1.29 is 17.2 Å². The van der Waals surface area contributed by atoms with Gasteiger partial charge in [-0.15, -0.1) is 0 Å². The molecular weight excluding hydrogens is 322 g/mol. The Hall–Kier alpha value is -1.83. The fourth-order valence-electron chi connectivity index (χ4n) is 1.97. The van der Waals surface area contributed by atoms with Crippen molar-refractivity contribution in [1.29, 1.82) is 0 Å². The smallest absolute Gasteiger partial charge is 0.213 e. The monoisotopic (exact) mass is 340 g/mol. The normalized spacial score (nSPS) is 11.6. The van der Waals surface area contributed by atoms with E-state index >= 15 is 0 Å². The Morgan fingerprint density at radius 3 is 2.43 bits per heavy atom. The molecule has 4 nitrogen and oxygen atoms in total. The van der Waals surface area contributed by atoms with Crippen LogP contribution in [0.3, 0.4) is 0 Å². The van der Waals surface area contributed by atoms with E-state index in [1.807, 2.05) is 30.3 Å². The SMILES string of the molecule is O=S(=O)(CCNCc1cc(F)ccc1F)NCc1ccccc1. The van der Waals surface area contributed by atoms with E-state index in [9.17, 15) is 17.2 Å². The van der Waals surface area contributed by atoms with Crippen LogP contribution in [0.15, 0.2) is 48.5 Å². The summed E-state index contributed by atoms with van der Waals surface area (Å²) in [5, 5.41) is 2.80.